The average molecular weight is 415 g/mol. The van der Waals surface area contributed by atoms with E-state index in [1.54, 1.807) is 6.07 Å². The van der Waals surface area contributed by atoms with Crippen LogP contribution in [0.3, 0.4) is 0 Å². The summed E-state index contributed by atoms with van der Waals surface area (Å²) in [6.07, 6.45) is 4.88. The Morgan fingerprint density at radius 2 is 2.21 bits per heavy atom. The summed E-state index contributed by atoms with van der Waals surface area (Å²) in [6, 6.07) is 7.01. The first kappa shape index (κ1) is 20.0. The maximum absolute atomic E-state index is 13.9. The number of fused-ring (bicyclic) bond motifs is 1. The normalized spacial score (nSPS) is 17.7. The zero-order valence-electron chi connectivity index (χ0n) is 17.0. The van der Waals surface area contributed by atoms with Crippen molar-refractivity contribution in [1.29, 1.82) is 0 Å². The highest BCUT2D eigenvalue weighted by Gasteiger charge is 2.24. The molecule has 2 aromatic heterocycles. The van der Waals surface area contributed by atoms with Gasteiger partial charge in [0, 0.05) is 38.3 Å². The van der Waals surface area contributed by atoms with Crippen LogP contribution in [0.1, 0.15) is 34.6 Å². The molecule has 3 aromatic rings. The van der Waals surface area contributed by atoms with Gasteiger partial charge in [0.05, 0.1) is 5.69 Å². The van der Waals surface area contributed by atoms with Gasteiger partial charge in [-0.1, -0.05) is 18.2 Å². The van der Waals surface area contributed by atoms with Gasteiger partial charge in [0.1, 0.15) is 11.5 Å². The van der Waals surface area contributed by atoms with Crippen molar-refractivity contribution in [3.05, 3.63) is 58.6 Å². The molecule has 3 heterocycles. The number of nitrogens with zero attached hydrogens (tertiary/aromatic N) is 4. The highest BCUT2D eigenvalue weighted by molar-refractivity contribution is 7.15. The largest absolute Gasteiger partial charge is 0.340 e. The number of carbonyl (C=O) groups is 1. The van der Waals surface area contributed by atoms with E-state index in [0.717, 1.165) is 61.7 Å². The van der Waals surface area contributed by atoms with Crippen LogP contribution >= 0.6 is 11.3 Å². The number of amides is 1. The van der Waals surface area contributed by atoms with Crippen molar-refractivity contribution >= 4 is 22.2 Å². The molecule has 1 fully saturated rings. The molecule has 0 radical (unpaired) electrons. The Labute approximate surface area is 174 Å². The number of hydrogen-bond donors (Lipinski definition) is 0. The molecular formula is C22H27FN4OS. The maximum Gasteiger partial charge on any atom is 0.271 e. The molecule has 7 heteroatoms. The van der Waals surface area contributed by atoms with Gasteiger partial charge in [-0.3, -0.25) is 9.20 Å². The van der Waals surface area contributed by atoms with Crippen molar-refractivity contribution in [1.82, 2.24) is 19.2 Å². The molecule has 1 atom stereocenters. The molecule has 1 unspecified atom stereocenters. The van der Waals surface area contributed by atoms with Crippen LogP contribution in [0, 0.1) is 18.7 Å². The fourth-order valence-electron chi connectivity index (χ4n) is 4.20. The van der Waals surface area contributed by atoms with Crippen LogP contribution in [0.15, 0.2) is 35.8 Å². The molecular weight excluding hydrogens is 387 g/mol. The third-order valence-corrected chi connectivity index (χ3v) is 6.53. The smallest absolute Gasteiger partial charge is 0.271 e. The number of carbonyl (C=O) groups excluding carboxylic acids is 1. The van der Waals surface area contributed by atoms with Crippen LogP contribution in [0.2, 0.25) is 0 Å². The van der Waals surface area contributed by atoms with Gasteiger partial charge in [-0.25, -0.2) is 9.37 Å². The third kappa shape index (κ3) is 4.51. The molecule has 0 bridgehead atoms. The first-order chi connectivity index (χ1) is 14.0. The second kappa shape index (κ2) is 8.63. The zero-order valence-corrected chi connectivity index (χ0v) is 17.8. The molecule has 154 valence electrons. The number of thiazole rings is 1. The molecule has 1 aliphatic rings. The van der Waals surface area contributed by atoms with Gasteiger partial charge < -0.3 is 9.80 Å². The van der Waals surface area contributed by atoms with Gasteiger partial charge in [-0.05, 0) is 50.3 Å². The second-order valence-electron chi connectivity index (χ2n) is 7.99. The minimum atomic E-state index is -0.122. The van der Waals surface area contributed by atoms with Gasteiger partial charge in [-0.15, -0.1) is 11.3 Å². The lowest BCUT2D eigenvalue weighted by Gasteiger charge is -2.34. The van der Waals surface area contributed by atoms with E-state index in [1.807, 2.05) is 47.0 Å². The molecule has 29 heavy (non-hydrogen) atoms. The summed E-state index contributed by atoms with van der Waals surface area (Å²) in [6.45, 7) is 5.53. The Hall–Kier alpha value is -2.25. The van der Waals surface area contributed by atoms with E-state index in [4.69, 9.17) is 0 Å². The van der Waals surface area contributed by atoms with Gasteiger partial charge in [0.2, 0.25) is 0 Å². The van der Waals surface area contributed by atoms with Gasteiger partial charge >= 0.3 is 0 Å². The third-order valence-electron chi connectivity index (χ3n) is 5.69. The molecule has 1 aromatic carbocycles. The van der Waals surface area contributed by atoms with E-state index in [2.05, 4.69) is 9.88 Å². The lowest BCUT2D eigenvalue weighted by atomic mass is 9.97. The fourth-order valence-corrected chi connectivity index (χ4v) is 5.09. The number of rotatable bonds is 6. The number of hydrogen-bond acceptors (Lipinski definition) is 4. The molecule has 4 rings (SSSR count). The van der Waals surface area contributed by atoms with Crippen molar-refractivity contribution in [2.75, 3.05) is 33.2 Å². The van der Waals surface area contributed by atoms with E-state index in [-0.39, 0.29) is 11.7 Å². The van der Waals surface area contributed by atoms with Crippen LogP contribution in [0.25, 0.3) is 4.96 Å². The lowest BCUT2D eigenvalue weighted by Crippen LogP contribution is -2.42. The summed E-state index contributed by atoms with van der Waals surface area (Å²) < 4.78 is 15.7. The van der Waals surface area contributed by atoms with Gasteiger partial charge in [0.25, 0.3) is 5.91 Å². The van der Waals surface area contributed by atoms with Crippen LogP contribution in [-0.2, 0) is 6.42 Å². The van der Waals surface area contributed by atoms with Crippen molar-refractivity contribution in [3.63, 3.8) is 0 Å². The van der Waals surface area contributed by atoms with Crippen LogP contribution in [0.4, 0.5) is 4.39 Å². The topological polar surface area (TPSA) is 40.9 Å². The summed E-state index contributed by atoms with van der Waals surface area (Å²) in [5.74, 6) is 0.359. The summed E-state index contributed by atoms with van der Waals surface area (Å²) in [7, 11) is 1.88. The average Bonchev–Trinajstić information content (AvgIpc) is 3.26. The Bertz CT molecular complexity index is 998. The molecule has 0 spiro atoms. The number of imidazole rings is 1. The number of likely N-dealkylation sites (tertiary alicyclic amines) is 1. The highest BCUT2D eigenvalue weighted by atomic mass is 32.1. The number of aromatic nitrogens is 2. The Morgan fingerprint density at radius 1 is 1.38 bits per heavy atom. The number of halogens is 1. The molecule has 1 saturated heterocycles. The zero-order chi connectivity index (χ0) is 20.4. The molecule has 0 N–H and O–H groups in total. The van der Waals surface area contributed by atoms with Gasteiger partial charge in [-0.2, -0.15) is 0 Å². The highest BCUT2D eigenvalue weighted by Crippen LogP contribution is 2.21. The summed E-state index contributed by atoms with van der Waals surface area (Å²) in [5, 5.41) is 1.89. The van der Waals surface area contributed by atoms with Crippen molar-refractivity contribution in [2.45, 2.75) is 26.2 Å². The van der Waals surface area contributed by atoms with Crippen LogP contribution < -0.4 is 0 Å². The van der Waals surface area contributed by atoms with E-state index in [9.17, 15) is 9.18 Å². The Balaban J connectivity index is 1.33. The predicted octanol–water partition coefficient (Wildman–Crippen LogP) is 3.87. The number of benzene rings is 1. The molecule has 0 aliphatic carbocycles. The van der Waals surface area contributed by atoms with Crippen molar-refractivity contribution in [3.8, 4) is 0 Å². The molecule has 0 saturated carbocycles. The molecule has 1 aliphatic heterocycles. The van der Waals surface area contributed by atoms with Crippen LogP contribution in [0.5, 0.6) is 0 Å². The summed E-state index contributed by atoms with van der Waals surface area (Å²) in [4.78, 5) is 22.5. The minimum Gasteiger partial charge on any atom is -0.340 e. The standard InChI is InChI=1S/C22H27FN4OS/c1-16-12-27-20(15-29-22(27)24-16)21(28)25(2)13-17-6-5-10-26(14-17)11-9-18-7-3-4-8-19(18)23/h3-4,7-8,12,15,17H,5-6,9-11,13-14H2,1-2H3. The minimum absolute atomic E-state index is 0.0390. The van der Waals surface area contributed by atoms with Gasteiger partial charge in [0.15, 0.2) is 4.96 Å². The predicted molar refractivity (Wildman–Crippen MR) is 114 cm³/mol. The summed E-state index contributed by atoms with van der Waals surface area (Å²) in [5.41, 5.74) is 2.38. The Kier molecular flexibility index (Phi) is 5.96. The van der Waals surface area contributed by atoms with E-state index in [1.165, 1.54) is 17.4 Å². The van der Waals surface area contributed by atoms with E-state index >= 15 is 0 Å². The van der Waals surface area contributed by atoms with E-state index in [0.29, 0.717) is 11.6 Å². The lowest BCUT2D eigenvalue weighted by molar-refractivity contribution is 0.0724. The van der Waals surface area contributed by atoms with Crippen molar-refractivity contribution < 1.29 is 9.18 Å². The SMILES string of the molecule is Cc1cn2c(C(=O)N(C)CC3CCCN(CCc4ccccc4F)C3)csc2n1. The second-order valence-corrected chi connectivity index (χ2v) is 8.83. The van der Waals surface area contributed by atoms with E-state index < -0.39 is 0 Å². The monoisotopic (exact) mass is 414 g/mol. The van der Waals surface area contributed by atoms with Crippen molar-refractivity contribution in [2.24, 2.45) is 5.92 Å². The summed E-state index contributed by atoms with van der Waals surface area (Å²) >= 11 is 1.50. The number of aryl methyl sites for hydroxylation is 1. The first-order valence-electron chi connectivity index (χ1n) is 10.2. The Morgan fingerprint density at radius 3 is 3.03 bits per heavy atom. The first-order valence-corrected chi connectivity index (χ1v) is 11.0. The molecule has 1 amide bonds. The fraction of sp³-hybridized carbons (Fsp3) is 0.455. The number of piperidine rings is 1. The quantitative estimate of drug-likeness (QED) is 0.615. The van der Waals surface area contributed by atoms with Crippen LogP contribution in [-0.4, -0.2) is 58.3 Å². The maximum atomic E-state index is 13.9. The molecule has 5 nitrogen and oxygen atoms in total.